The first-order chi connectivity index (χ1) is 15.5. The van der Waals surface area contributed by atoms with Gasteiger partial charge >= 0.3 is 6.09 Å². The van der Waals surface area contributed by atoms with Crippen LogP contribution in [0.5, 0.6) is 0 Å². The summed E-state index contributed by atoms with van der Waals surface area (Å²) in [5.41, 5.74) is 1.47. The number of benzene rings is 1. The zero-order valence-corrected chi connectivity index (χ0v) is 20.7. The second-order valence-corrected chi connectivity index (χ2v) is 10.7. The molecule has 1 N–H and O–H groups in total. The van der Waals surface area contributed by atoms with E-state index in [0.29, 0.717) is 32.4 Å². The minimum atomic E-state index is -0.537. The van der Waals surface area contributed by atoms with Crippen molar-refractivity contribution in [2.24, 2.45) is 11.8 Å². The highest BCUT2D eigenvalue weighted by Gasteiger charge is 2.31. The molecule has 0 aliphatic carbocycles. The summed E-state index contributed by atoms with van der Waals surface area (Å²) in [5.74, 6) is 0.151. The largest absolute Gasteiger partial charge is 0.444 e. The molecule has 1 aromatic rings. The molecule has 0 aromatic heterocycles. The predicted octanol–water partition coefficient (Wildman–Crippen LogP) is 4.46. The Morgan fingerprint density at radius 3 is 2.67 bits per heavy atom. The van der Waals surface area contributed by atoms with Gasteiger partial charge < -0.3 is 19.9 Å². The number of carbonyl (C=O) groups excluding carboxylic acids is 3. The number of anilines is 1. The van der Waals surface area contributed by atoms with Gasteiger partial charge in [0.15, 0.2) is 0 Å². The standard InChI is InChI=1S/C26H39N3O4/c1-18(2)29(25(32)33-26(3,4)5)17-19-9-8-14-28(16-19)23(30)13-12-21-15-20-10-6-7-11-22(20)27-24(21)31/h6-7,10-11,18-19,21H,8-9,12-17H2,1-5H3,(H,27,31). The van der Waals surface area contributed by atoms with Crippen LogP contribution in [-0.2, 0) is 20.7 Å². The summed E-state index contributed by atoms with van der Waals surface area (Å²) < 4.78 is 5.59. The minimum Gasteiger partial charge on any atom is -0.444 e. The molecule has 3 rings (SSSR count). The van der Waals surface area contributed by atoms with Crippen LogP contribution in [0, 0.1) is 11.8 Å². The SMILES string of the molecule is CC(C)N(CC1CCCN(C(=O)CCC2Cc3ccccc3NC2=O)C1)C(=O)OC(C)(C)C. The summed E-state index contributed by atoms with van der Waals surface area (Å²) in [7, 11) is 0. The Bertz CT molecular complexity index is 861. The Labute approximate surface area is 197 Å². The molecule has 0 spiro atoms. The van der Waals surface area contributed by atoms with E-state index in [1.54, 1.807) is 4.90 Å². The van der Waals surface area contributed by atoms with E-state index in [2.05, 4.69) is 5.32 Å². The number of ether oxygens (including phenoxy) is 1. The fourth-order valence-corrected chi connectivity index (χ4v) is 4.64. The van der Waals surface area contributed by atoms with E-state index < -0.39 is 5.60 Å². The van der Waals surface area contributed by atoms with Crippen LogP contribution in [0.4, 0.5) is 10.5 Å². The molecular formula is C26H39N3O4. The topological polar surface area (TPSA) is 79.0 Å². The van der Waals surface area contributed by atoms with Crippen molar-refractivity contribution in [2.45, 2.75) is 78.4 Å². The van der Waals surface area contributed by atoms with Gasteiger partial charge in [0.05, 0.1) is 0 Å². The molecule has 33 heavy (non-hydrogen) atoms. The Morgan fingerprint density at radius 1 is 1.24 bits per heavy atom. The third-order valence-corrected chi connectivity index (χ3v) is 6.40. The summed E-state index contributed by atoms with van der Waals surface area (Å²) in [6.45, 7) is 11.6. The number of rotatable bonds is 6. The molecular weight excluding hydrogens is 418 g/mol. The van der Waals surface area contributed by atoms with Gasteiger partial charge in [-0.3, -0.25) is 9.59 Å². The maximum absolute atomic E-state index is 13.0. The van der Waals surface area contributed by atoms with Crippen molar-refractivity contribution in [3.05, 3.63) is 29.8 Å². The number of fused-ring (bicyclic) bond motifs is 1. The van der Waals surface area contributed by atoms with Crippen molar-refractivity contribution < 1.29 is 19.1 Å². The number of carbonyl (C=O) groups is 3. The van der Waals surface area contributed by atoms with Gasteiger partial charge in [0.2, 0.25) is 11.8 Å². The first-order valence-corrected chi connectivity index (χ1v) is 12.2. The van der Waals surface area contributed by atoms with Crippen LogP contribution in [0.3, 0.4) is 0 Å². The quantitative estimate of drug-likeness (QED) is 0.684. The molecule has 1 saturated heterocycles. The molecule has 3 amide bonds. The molecule has 1 aromatic carbocycles. The minimum absolute atomic E-state index is 0.00274. The highest BCUT2D eigenvalue weighted by atomic mass is 16.6. The number of amides is 3. The van der Waals surface area contributed by atoms with Crippen LogP contribution in [-0.4, -0.2) is 59.0 Å². The van der Waals surface area contributed by atoms with Gasteiger partial charge in [-0.25, -0.2) is 4.79 Å². The summed E-state index contributed by atoms with van der Waals surface area (Å²) in [6.07, 6.45) is 3.20. The summed E-state index contributed by atoms with van der Waals surface area (Å²) in [6, 6.07) is 7.87. The van der Waals surface area contributed by atoms with Gasteiger partial charge in [0.25, 0.3) is 0 Å². The van der Waals surface area contributed by atoms with Crippen molar-refractivity contribution in [3.8, 4) is 0 Å². The van der Waals surface area contributed by atoms with E-state index in [4.69, 9.17) is 4.74 Å². The van der Waals surface area contributed by atoms with Crippen LogP contribution < -0.4 is 5.32 Å². The molecule has 7 nitrogen and oxygen atoms in total. The number of nitrogens with one attached hydrogen (secondary N) is 1. The second-order valence-electron chi connectivity index (χ2n) is 10.7. The lowest BCUT2D eigenvalue weighted by molar-refractivity contribution is -0.133. The molecule has 182 valence electrons. The Morgan fingerprint density at radius 2 is 1.97 bits per heavy atom. The van der Waals surface area contributed by atoms with Crippen molar-refractivity contribution >= 4 is 23.6 Å². The zero-order valence-electron chi connectivity index (χ0n) is 20.7. The highest BCUT2D eigenvalue weighted by molar-refractivity contribution is 5.96. The van der Waals surface area contributed by atoms with E-state index in [9.17, 15) is 14.4 Å². The summed E-state index contributed by atoms with van der Waals surface area (Å²) >= 11 is 0. The van der Waals surface area contributed by atoms with Crippen LogP contribution in [0.1, 0.15) is 65.9 Å². The molecule has 0 bridgehead atoms. The monoisotopic (exact) mass is 457 g/mol. The Hall–Kier alpha value is -2.57. The molecule has 2 aliphatic rings. The third kappa shape index (κ3) is 6.95. The fraction of sp³-hybridized carbons (Fsp3) is 0.654. The molecule has 2 heterocycles. The average Bonchev–Trinajstić information content (AvgIpc) is 2.74. The fourth-order valence-electron chi connectivity index (χ4n) is 4.64. The first-order valence-electron chi connectivity index (χ1n) is 12.2. The van der Waals surface area contributed by atoms with Crippen LogP contribution in [0.2, 0.25) is 0 Å². The number of nitrogens with zero attached hydrogens (tertiary/aromatic N) is 2. The van der Waals surface area contributed by atoms with Crippen LogP contribution in [0.15, 0.2) is 24.3 Å². The van der Waals surface area contributed by atoms with Gasteiger partial charge in [0, 0.05) is 43.7 Å². The van der Waals surface area contributed by atoms with E-state index in [-0.39, 0.29) is 35.8 Å². The third-order valence-electron chi connectivity index (χ3n) is 6.40. The molecule has 2 aliphatic heterocycles. The van der Waals surface area contributed by atoms with Gasteiger partial charge in [-0.05, 0) is 77.8 Å². The maximum Gasteiger partial charge on any atom is 0.410 e. The lowest BCUT2D eigenvalue weighted by Gasteiger charge is -2.37. The Kier molecular flexibility index (Phi) is 8.03. The highest BCUT2D eigenvalue weighted by Crippen LogP contribution is 2.28. The van der Waals surface area contributed by atoms with E-state index >= 15 is 0 Å². The molecule has 2 atom stereocenters. The lowest BCUT2D eigenvalue weighted by atomic mass is 9.89. The smallest absolute Gasteiger partial charge is 0.410 e. The maximum atomic E-state index is 13.0. The number of hydrogen-bond acceptors (Lipinski definition) is 4. The molecule has 7 heteroatoms. The van der Waals surface area contributed by atoms with Crippen LogP contribution in [0.25, 0.3) is 0 Å². The van der Waals surface area contributed by atoms with E-state index in [1.165, 1.54) is 0 Å². The lowest BCUT2D eigenvalue weighted by Crippen LogP contribution is -2.48. The normalized spacial score (nSPS) is 20.8. The molecule has 1 fully saturated rings. The number of hydrogen-bond donors (Lipinski definition) is 1. The Balaban J connectivity index is 1.52. The molecule has 2 unspecified atom stereocenters. The van der Waals surface area contributed by atoms with E-state index in [1.807, 2.05) is 63.8 Å². The number of likely N-dealkylation sites (tertiary alicyclic amines) is 1. The van der Waals surface area contributed by atoms with Crippen molar-refractivity contribution in [3.63, 3.8) is 0 Å². The van der Waals surface area contributed by atoms with Crippen LogP contribution >= 0.6 is 0 Å². The summed E-state index contributed by atoms with van der Waals surface area (Å²) in [4.78, 5) is 41.8. The number of para-hydroxylation sites is 1. The number of piperidine rings is 1. The average molecular weight is 458 g/mol. The molecule has 0 radical (unpaired) electrons. The summed E-state index contributed by atoms with van der Waals surface area (Å²) in [5, 5.41) is 2.97. The predicted molar refractivity (Wildman–Crippen MR) is 129 cm³/mol. The van der Waals surface area contributed by atoms with Gasteiger partial charge in [-0.2, -0.15) is 0 Å². The van der Waals surface area contributed by atoms with Crippen molar-refractivity contribution in [2.75, 3.05) is 25.0 Å². The first kappa shape index (κ1) is 25.1. The van der Waals surface area contributed by atoms with Gasteiger partial charge in [0.1, 0.15) is 5.60 Å². The van der Waals surface area contributed by atoms with Crippen molar-refractivity contribution in [1.82, 2.24) is 9.80 Å². The second kappa shape index (κ2) is 10.6. The van der Waals surface area contributed by atoms with E-state index in [0.717, 1.165) is 30.6 Å². The van der Waals surface area contributed by atoms with Gasteiger partial charge in [-0.15, -0.1) is 0 Å². The van der Waals surface area contributed by atoms with Crippen molar-refractivity contribution in [1.29, 1.82) is 0 Å². The molecule has 0 saturated carbocycles. The zero-order chi connectivity index (χ0) is 24.2. The van der Waals surface area contributed by atoms with Gasteiger partial charge in [-0.1, -0.05) is 18.2 Å².